The summed E-state index contributed by atoms with van der Waals surface area (Å²) in [6.45, 7) is 0.439. The van der Waals surface area contributed by atoms with Crippen LogP contribution in [0.1, 0.15) is 6.42 Å². The fourth-order valence-corrected chi connectivity index (χ4v) is 2.95. The van der Waals surface area contributed by atoms with Gasteiger partial charge in [-0.1, -0.05) is 27.5 Å². The van der Waals surface area contributed by atoms with Crippen molar-refractivity contribution in [2.24, 2.45) is 0 Å². The first-order valence-electron chi connectivity index (χ1n) is 7.40. The first kappa shape index (κ1) is 16.8. The van der Waals surface area contributed by atoms with Crippen LogP contribution in [0.15, 0.2) is 53.0 Å². The number of amides is 3. The average Bonchev–Trinajstić information content (AvgIpc) is 2.90. The van der Waals surface area contributed by atoms with Crippen LogP contribution in [0.4, 0.5) is 16.2 Å². The lowest BCUT2D eigenvalue weighted by molar-refractivity contribution is -0.117. The Bertz CT molecular complexity index is 749. The van der Waals surface area contributed by atoms with Crippen molar-refractivity contribution in [3.05, 3.63) is 58.0 Å². The lowest BCUT2D eigenvalue weighted by Crippen LogP contribution is -2.39. The van der Waals surface area contributed by atoms with Crippen molar-refractivity contribution in [3.63, 3.8) is 0 Å². The second-order valence-corrected chi connectivity index (χ2v) is 6.84. The molecule has 0 unspecified atom stereocenters. The Labute approximate surface area is 153 Å². The Hall–Kier alpha value is -2.05. The molecular formula is C17H15BrClN3O2. The minimum absolute atomic E-state index is 0.0220. The predicted molar refractivity (Wildman–Crippen MR) is 98.5 cm³/mol. The molecule has 0 saturated carbocycles. The van der Waals surface area contributed by atoms with Gasteiger partial charge in [0.1, 0.15) is 0 Å². The fraction of sp³-hybridized carbons (Fsp3) is 0.176. The van der Waals surface area contributed by atoms with Crippen LogP contribution in [0.25, 0.3) is 0 Å². The van der Waals surface area contributed by atoms with Crippen molar-refractivity contribution >= 4 is 50.8 Å². The standard InChI is InChI=1S/C17H15BrClN3O2/c18-11-1-5-13(6-2-11)20-17(24)21-14-9-16(23)22(10-14)15-7-3-12(19)4-8-15/h1-8,14H,9-10H2,(H2,20,21,24)/t14-/m0/s1. The quantitative estimate of drug-likeness (QED) is 0.805. The highest BCUT2D eigenvalue weighted by molar-refractivity contribution is 9.10. The first-order valence-corrected chi connectivity index (χ1v) is 8.57. The summed E-state index contributed by atoms with van der Waals surface area (Å²) in [5, 5.41) is 6.21. The van der Waals surface area contributed by atoms with Gasteiger partial charge < -0.3 is 15.5 Å². The second-order valence-electron chi connectivity index (χ2n) is 5.49. The number of hydrogen-bond donors (Lipinski definition) is 2. The van der Waals surface area contributed by atoms with E-state index in [0.29, 0.717) is 17.3 Å². The Kier molecular flexibility index (Phi) is 5.06. The minimum Gasteiger partial charge on any atom is -0.333 e. The zero-order valence-corrected chi connectivity index (χ0v) is 15.0. The molecule has 2 aromatic rings. The summed E-state index contributed by atoms with van der Waals surface area (Å²) in [6.07, 6.45) is 0.274. The van der Waals surface area contributed by atoms with Crippen LogP contribution in [-0.2, 0) is 4.79 Å². The zero-order chi connectivity index (χ0) is 17.1. The van der Waals surface area contributed by atoms with E-state index in [4.69, 9.17) is 11.6 Å². The Morgan fingerprint density at radius 3 is 2.46 bits per heavy atom. The van der Waals surface area contributed by atoms with Crippen molar-refractivity contribution in [3.8, 4) is 0 Å². The van der Waals surface area contributed by atoms with Crippen LogP contribution in [0.5, 0.6) is 0 Å². The van der Waals surface area contributed by atoms with Gasteiger partial charge in [-0.3, -0.25) is 4.79 Å². The van der Waals surface area contributed by atoms with E-state index in [9.17, 15) is 9.59 Å². The predicted octanol–water partition coefficient (Wildman–Crippen LogP) is 4.03. The van der Waals surface area contributed by atoms with Crippen LogP contribution in [-0.4, -0.2) is 24.5 Å². The van der Waals surface area contributed by atoms with E-state index in [1.54, 1.807) is 41.3 Å². The number of anilines is 2. The molecule has 1 aliphatic heterocycles. The Balaban J connectivity index is 1.58. The van der Waals surface area contributed by atoms with Crippen molar-refractivity contribution in [1.82, 2.24) is 5.32 Å². The highest BCUT2D eigenvalue weighted by Gasteiger charge is 2.31. The third kappa shape index (κ3) is 4.07. The molecule has 7 heteroatoms. The normalized spacial score (nSPS) is 17.0. The number of halogens is 2. The molecule has 0 radical (unpaired) electrons. The monoisotopic (exact) mass is 407 g/mol. The van der Waals surface area contributed by atoms with Crippen molar-refractivity contribution < 1.29 is 9.59 Å². The lowest BCUT2D eigenvalue weighted by atomic mass is 10.2. The summed E-state index contributed by atoms with van der Waals surface area (Å²) in [6, 6.07) is 13.8. The molecule has 0 bridgehead atoms. The number of nitrogens with one attached hydrogen (secondary N) is 2. The molecule has 0 aromatic heterocycles. The number of nitrogens with zero attached hydrogens (tertiary/aromatic N) is 1. The topological polar surface area (TPSA) is 61.4 Å². The van der Waals surface area contributed by atoms with Gasteiger partial charge >= 0.3 is 6.03 Å². The highest BCUT2D eigenvalue weighted by Crippen LogP contribution is 2.23. The van der Waals surface area contributed by atoms with E-state index in [2.05, 4.69) is 26.6 Å². The summed E-state index contributed by atoms with van der Waals surface area (Å²) < 4.78 is 0.938. The summed E-state index contributed by atoms with van der Waals surface area (Å²) in [7, 11) is 0. The molecule has 24 heavy (non-hydrogen) atoms. The molecule has 2 aromatic carbocycles. The summed E-state index contributed by atoms with van der Waals surface area (Å²) in [5.41, 5.74) is 1.47. The van der Waals surface area contributed by atoms with Gasteiger partial charge in [-0.2, -0.15) is 0 Å². The van der Waals surface area contributed by atoms with E-state index in [1.165, 1.54) is 0 Å². The largest absolute Gasteiger partial charge is 0.333 e. The molecule has 1 atom stereocenters. The van der Waals surface area contributed by atoms with Gasteiger partial charge in [0.05, 0.1) is 6.04 Å². The molecule has 2 N–H and O–H groups in total. The van der Waals surface area contributed by atoms with Gasteiger partial charge in [0.2, 0.25) is 5.91 Å². The molecule has 3 amide bonds. The first-order chi connectivity index (χ1) is 11.5. The summed E-state index contributed by atoms with van der Waals surface area (Å²) in [4.78, 5) is 25.9. The molecular weight excluding hydrogens is 394 g/mol. The van der Waals surface area contributed by atoms with Crippen LogP contribution in [0.3, 0.4) is 0 Å². The molecule has 1 heterocycles. The molecule has 1 fully saturated rings. The van der Waals surface area contributed by atoms with Crippen molar-refractivity contribution in [1.29, 1.82) is 0 Å². The van der Waals surface area contributed by atoms with Crippen LogP contribution in [0.2, 0.25) is 5.02 Å². The van der Waals surface area contributed by atoms with E-state index in [1.807, 2.05) is 12.1 Å². The number of benzene rings is 2. The Morgan fingerprint density at radius 2 is 1.79 bits per heavy atom. The van der Waals surface area contributed by atoms with E-state index in [-0.39, 0.29) is 24.4 Å². The maximum absolute atomic E-state index is 12.2. The van der Waals surface area contributed by atoms with Gasteiger partial charge in [-0.05, 0) is 48.5 Å². The lowest BCUT2D eigenvalue weighted by Gasteiger charge is -2.17. The van der Waals surface area contributed by atoms with Crippen LogP contribution in [0, 0.1) is 0 Å². The van der Waals surface area contributed by atoms with Crippen molar-refractivity contribution in [2.45, 2.75) is 12.5 Å². The molecule has 124 valence electrons. The van der Waals surface area contributed by atoms with Crippen molar-refractivity contribution in [2.75, 3.05) is 16.8 Å². The van der Waals surface area contributed by atoms with Gasteiger partial charge in [-0.15, -0.1) is 0 Å². The maximum atomic E-state index is 12.2. The van der Waals surface area contributed by atoms with Gasteiger partial charge in [-0.25, -0.2) is 4.79 Å². The highest BCUT2D eigenvalue weighted by atomic mass is 79.9. The van der Waals surface area contributed by atoms with Crippen LogP contribution >= 0.6 is 27.5 Å². The molecule has 1 saturated heterocycles. The molecule has 3 rings (SSSR count). The maximum Gasteiger partial charge on any atom is 0.319 e. The summed E-state index contributed by atoms with van der Waals surface area (Å²) in [5.74, 6) is -0.0220. The van der Waals surface area contributed by atoms with E-state index < -0.39 is 0 Å². The molecule has 5 nitrogen and oxygen atoms in total. The third-order valence-electron chi connectivity index (χ3n) is 3.70. The molecule has 1 aliphatic rings. The number of carbonyl (C=O) groups excluding carboxylic acids is 2. The van der Waals surface area contributed by atoms with E-state index >= 15 is 0 Å². The second kappa shape index (κ2) is 7.23. The number of rotatable bonds is 3. The van der Waals surface area contributed by atoms with Crippen LogP contribution < -0.4 is 15.5 Å². The smallest absolute Gasteiger partial charge is 0.319 e. The molecule has 0 spiro atoms. The van der Waals surface area contributed by atoms with E-state index in [0.717, 1.165) is 10.2 Å². The fourth-order valence-electron chi connectivity index (χ4n) is 2.56. The SMILES string of the molecule is O=C(Nc1ccc(Br)cc1)N[C@H]1CC(=O)N(c2ccc(Cl)cc2)C1. The molecule has 0 aliphatic carbocycles. The summed E-state index contributed by atoms with van der Waals surface area (Å²) >= 11 is 9.21. The van der Waals surface area contributed by atoms with Gasteiger partial charge in [0, 0.05) is 33.8 Å². The van der Waals surface area contributed by atoms with Gasteiger partial charge in [0.15, 0.2) is 0 Å². The number of carbonyl (C=O) groups is 2. The minimum atomic E-state index is -0.326. The number of hydrogen-bond acceptors (Lipinski definition) is 2. The third-order valence-corrected chi connectivity index (χ3v) is 4.48. The number of urea groups is 1. The Morgan fingerprint density at radius 1 is 1.12 bits per heavy atom. The zero-order valence-electron chi connectivity index (χ0n) is 12.6. The average molecular weight is 409 g/mol. The van der Waals surface area contributed by atoms with Gasteiger partial charge in [0.25, 0.3) is 0 Å².